The van der Waals surface area contributed by atoms with Crippen molar-refractivity contribution in [2.24, 2.45) is 5.41 Å². The van der Waals surface area contributed by atoms with Crippen molar-refractivity contribution in [3.05, 3.63) is 29.8 Å². The number of aromatic nitrogens is 3. The zero-order valence-corrected chi connectivity index (χ0v) is 17.1. The van der Waals surface area contributed by atoms with Crippen LogP contribution >= 0.6 is 11.8 Å². The fraction of sp³-hybridized carbons (Fsp3) is 0.571. The van der Waals surface area contributed by atoms with Gasteiger partial charge in [-0.2, -0.15) is 0 Å². The minimum absolute atomic E-state index is 0.248. The number of thioether (sulfide) groups is 1. The Labute approximate surface area is 160 Å². The van der Waals surface area contributed by atoms with E-state index in [-0.39, 0.29) is 11.2 Å². The summed E-state index contributed by atoms with van der Waals surface area (Å²) in [5.41, 5.74) is 2.02. The number of Topliss-reactive ketones (excluding diaryl/α,β-unsaturated/α-hetero) is 1. The van der Waals surface area contributed by atoms with Gasteiger partial charge in [-0.15, -0.1) is 10.2 Å². The second-order valence-corrected chi connectivity index (χ2v) is 9.24. The molecular formula is C21H29N3OS. The first-order chi connectivity index (χ1) is 12.4. The molecule has 2 aromatic rings. The molecule has 1 heterocycles. The molecule has 0 radical (unpaired) electrons. The molecule has 1 aromatic carbocycles. The van der Waals surface area contributed by atoms with Gasteiger partial charge in [-0.1, -0.05) is 81.6 Å². The fourth-order valence-electron chi connectivity index (χ4n) is 3.29. The summed E-state index contributed by atoms with van der Waals surface area (Å²) in [5.74, 6) is 1.63. The van der Waals surface area contributed by atoms with Crippen LogP contribution in [0, 0.1) is 12.3 Å². The molecule has 1 saturated carbocycles. The topological polar surface area (TPSA) is 47.8 Å². The lowest BCUT2D eigenvalue weighted by atomic mass is 9.92. The Balaban J connectivity index is 1.91. The Morgan fingerprint density at radius 3 is 2.38 bits per heavy atom. The predicted octanol–water partition coefficient (Wildman–Crippen LogP) is 5.47. The molecule has 1 aliphatic carbocycles. The summed E-state index contributed by atoms with van der Waals surface area (Å²) < 4.78 is 2.30. The highest BCUT2D eigenvalue weighted by molar-refractivity contribution is 7.99. The summed E-state index contributed by atoms with van der Waals surface area (Å²) in [6.45, 7) is 8.01. The van der Waals surface area contributed by atoms with E-state index < -0.39 is 0 Å². The zero-order valence-electron chi connectivity index (χ0n) is 16.3. The minimum Gasteiger partial charge on any atom is -0.299 e. The molecular weight excluding hydrogens is 342 g/mol. The van der Waals surface area contributed by atoms with Crippen molar-refractivity contribution < 1.29 is 4.79 Å². The van der Waals surface area contributed by atoms with Gasteiger partial charge in [0, 0.05) is 17.0 Å². The maximum atomic E-state index is 12.4. The van der Waals surface area contributed by atoms with E-state index in [1.165, 1.54) is 36.6 Å². The van der Waals surface area contributed by atoms with E-state index in [1.807, 2.05) is 20.8 Å². The molecule has 0 aliphatic heterocycles. The summed E-state index contributed by atoms with van der Waals surface area (Å²) in [5, 5.41) is 9.86. The van der Waals surface area contributed by atoms with Crippen LogP contribution in [-0.2, 0) is 4.79 Å². The Hall–Kier alpha value is -1.62. The summed E-state index contributed by atoms with van der Waals surface area (Å²) in [6, 6.07) is 8.90. The largest absolute Gasteiger partial charge is 0.299 e. The average Bonchev–Trinajstić information content (AvgIpc) is 3.04. The molecule has 0 atom stereocenters. The highest BCUT2D eigenvalue weighted by atomic mass is 32.2. The van der Waals surface area contributed by atoms with Gasteiger partial charge in [-0.3, -0.25) is 9.36 Å². The lowest BCUT2D eigenvalue weighted by Gasteiger charge is -2.26. The third kappa shape index (κ3) is 4.37. The van der Waals surface area contributed by atoms with E-state index in [1.54, 1.807) is 0 Å². The van der Waals surface area contributed by atoms with Crippen LogP contribution < -0.4 is 0 Å². The van der Waals surface area contributed by atoms with Crippen LogP contribution in [0.5, 0.6) is 0 Å². The minimum atomic E-state index is -0.317. The third-order valence-electron chi connectivity index (χ3n) is 5.08. The summed E-state index contributed by atoms with van der Waals surface area (Å²) in [4.78, 5) is 12.4. The third-order valence-corrected chi connectivity index (χ3v) is 6.03. The molecule has 0 unspecified atom stereocenters. The van der Waals surface area contributed by atoms with Crippen molar-refractivity contribution in [3.63, 3.8) is 0 Å². The number of ketones is 1. The van der Waals surface area contributed by atoms with Crippen LogP contribution in [0.4, 0.5) is 0 Å². The number of rotatable bonds is 5. The van der Waals surface area contributed by atoms with Gasteiger partial charge in [0.05, 0.1) is 5.75 Å². The molecule has 0 N–H and O–H groups in total. The molecule has 4 nitrogen and oxygen atoms in total. The highest BCUT2D eigenvalue weighted by Gasteiger charge is 2.26. The van der Waals surface area contributed by atoms with Crippen LogP contribution in [0.15, 0.2) is 29.4 Å². The normalized spacial score (nSPS) is 16.0. The van der Waals surface area contributed by atoms with Crippen molar-refractivity contribution in [3.8, 4) is 11.4 Å². The van der Waals surface area contributed by atoms with Gasteiger partial charge in [0.2, 0.25) is 0 Å². The predicted molar refractivity (Wildman–Crippen MR) is 108 cm³/mol. The molecule has 1 fully saturated rings. The Morgan fingerprint density at radius 1 is 1.12 bits per heavy atom. The summed E-state index contributed by atoms with van der Waals surface area (Å²) in [7, 11) is 0. The van der Waals surface area contributed by atoms with Gasteiger partial charge in [0.25, 0.3) is 0 Å². The van der Waals surface area contributed by atoms with E-state index in [9.17, 15) is 4.79 Å². The summed E-state index contributed by atoms with van der Waals surface area (Å²) in [6.07, 6.45) is 6.14. The maximum Gasteiger partial charge on any atom is 0.192 e. The average molecular weight is 372 g/mol. The van der Waals surface area contributed by atoms with E-state index >= 15 is 0 Å². The number of aryl methyl sites for hydroxylation is 1. The van der Waals surface area contributed by atoms with E-state index in [4.69, 9.17) is 0 Å². The number of hydrogen-bond donors (Lipinski definition) is 0. The Morgan fingerprint density at radius 2 is 1.77 bits per heavy atom. The van der Waals surface area contributed by atoms with Crippen LogP contribution in [0.2, 0.25) is 0 Å². The zero-order chi connectivity index (χ0) is 18.7. The summed E-state index contributed by atoms with van der Waals surface area (Å²) >= 11 is 1.53. The number of nitrogens with zero attached hydrogens (tertiary/aromatic N) is 3. The number of hydrogen-bond acceptors (Lipinski definition) is 4. The standard InChI is InChI=1S/C21H29N3OS/c1-15-10-12-16(13-11-15)19-22-23-20(26-14-18(25)21(2,3)4)24(19)17-8-6-5-7-9-17/h10-13,17H,5-9,14H2,1-4H3. The van der Waals surface area contributed by atoms with Gasteiger partial charge in [0.15, 0.2) is 11.0 Å². The highest BCUT2D eigenvalue weighted by Crippen LogP contribution is 2.36. The first-order valence-electron chi connectivity index (χ1n) is 9.54. The van der Waals surface area contributed by atoms with Crippen molar-refractivity contribution >= 4 is 17.5 Å². The number of carbonyl (C=O) groups excluding carboxylic acids is 1. The Bertz CT molecular complexity index is 753. The first-order valence-corrected chi connectivity index (χ1v) is 10.5. The first kappa shape index (κ1) is 19.2. The van der Waals surface area contributed by atoms with Gasteiger partial charge in [-0.05, 0) is 19.8 Å². The molecule has 3 rings (SSSR count). The lowest BCUT2D eigenvalue weighted by molar-refractivity contribution is -0.123. The fourth-order valence-corrected chi connectivity index (χ4v) is 4.46. The quantitative estimate of drug-likeness (QED) is 0.654. The van der Waals surface area contributed by atoms with Gasteiger partial charge in [-0.25, -0.2) is 0 Å². The second kappa shape index (κ2) is 7.95. The van der Waals surface area contributed by atoms with E-state index in [0.717, 1.165) is 29.4 Å². The SMILES string of the molecule is Cc1ccc(-c2nnc(SCC(=O)C(C)(C)C)n2C2CCCCC2)cc1. The molecule has 0 spiro atoms. The van der Waals surface area contributed by atoms with Crippen molar-refractivity contribution in [1.82, 2.24) is 14.8 Å². The number of carbonyl (C=O) groups is 1. The van der Waals surface area contributed by atoms with Gasteiger partial charge >= 0.3 is 0 Å². The molecule has 1 aromatic heterocycles. The van der Waals surface area contributed by atoms with Crippen LogP contribution in [0.1, 0.15) is 64.5 Å². The number of benzene rings is 1. The molecule has 1 aliphatic rings. The van der Waals surface area contributed by atoms with Crippen LogP contribution in [0.25, 0.3) is 11.4 Å². The molecule has 0 saturated heterocycles. The monoisotopic (exact) mass is 371 g/mol. The van der Waals surface area contributed by atoms with Crippen molar-refractivity contribution in [2.45, 2.75) is 71.0 Å². The van der Waals surface area contributed by atoms with E-state index in [0.29, 0.717) is 11.8 Å². The van der Waals surface area contributed by atoms with Crippen molar-refractivity contribution in [2.75, 3.05) is 5.75 Å². The van der Waals surface area contributed by atoms with Crippen LogP contribution in [-0.4, -0.2) is 26.3 Å². The molecule has 5 heteroatoms. The molecule has 0 bridgehead atoms. The van der Waals surface area contributed by atoms with Gasteiger partial charge < -0.3 is 0 Å². The lowest BCUT2D eigenvalue weighted by Crippen LogP contribution is -2.22. The van der Waals surface area contributed by atoms with Gasteiger partial charge in [0.1, 0.15) is 5.78 Å². The molecule has 140 valence electrons. The van der Waals surface area contributed by atoms with Crippen LogP contribution in [0.3, 0.4) is 0 Å². The van der Waals surface area contributed by atoms with E-state index in [2.05, 4.69) is 46.0 Å². The molecule has 26 heavy (non-hydrogen) atoms. The Kier molecular flexibility index (Phi) is 5.86. The smallest absolute Gasteiger partial charge is 0.192 e. The second-order valence-electron chi connectivity index (χ2n) is 8.30. The maximum absolute atomic E-state index is 12.4. The van der Waals surface area contributed by atoms with Crippen molar-refractivity contribution in [1.29, 1.82) is 0 Å². The molecule has 0 amide bonds.